The second-order valence-corrected chi connectivity index (χ2v) is 7.38. The molecule has 1 saturated carbocycles. The maximum Gasteiger partial charge on any atom is 0.256 e. The van der Waals surface area contributed by atoms with E-state index in [9.17, 15) is 4.79 Å². The zero-order valence-electron chi connectivity index (χ0n) is 16.3. The average molecular weight is 387 g/mol. The van der Waals surface area contributed by atoms with Gasteiger partial charge in [0.25, 0.3) is 5.91 Å². The highest BCUT2D eigenvalue weighted by Crippen LogP contribution is 2.25. The van der Waals surface area contributed by atoms with Crippen LogP contribution < -0.4 is 16.4 Å². The van der Waals surface area contributed by atoms with Crippen molar-refractivity contribution in [3.8, 4) is 11.3 Å². The summed E-state index contributed by atoms with van der Waals surface area (Å²) in [7, 11) is 0. The number of amides is 1. The lowest BCUT2D eigenvalue weighted by molar-refractivity contribution is 0.102. The Hall–Kier alpha value is -3.41. The van der Waals surface area contributed by atoms with Gasteiger partial charge in [0.1, 0.15) is 5.82 Å². The molecule has 0 spiro atoms. The van der Waals surface area contributed by atoms with Crippen molar-refractivity contribution in [2.45, 2.75) is 38.1 Å². The monoisotopic (exact) mass is 387 g/mol. The summed E-state index contributed by atoms with van der Waals surface area (Å²) in [5, 5.41) is 6.36. The van der Waals surface area contributed by atoms with Crippen LogP contribution in [0.3, 0.4) is 0 Å². The number of carbonyl (C=O) groups is 1. The fraction of sp³-hybridized carbons (Fsp3) is 0.261. The molecule has 6 heteroatoms. The van der Waals surface area contributed by atoms with Crippen LogP contribution in [0.5, 0.6) is 0 Å². The van der Waals surface area contributed by atoms with Gasteiger partial charge >= 0.3 is 0 Å². The van der Waals surface area contributed by atoms with E-state index in [4.69, 9.17) is 10.7 Å². The molecule has 1 fully saturated rings. The second-order valence-electron chi connectivity index (χ2n) is 7.38. The third-order valence-electron chi connectivity index (χ3n) is 5.15. The van der Waals surface area contributed by atoms with Crippen LogP contribution in [-0.4, -0.2) is 21.9 Å². The summed E-state index contributed by atoms with van der Waals surface area (Å²) in [6.45, 7) is 0. The minimum absolute atomic E-state index is 0.230. The molecule has 0 bridgehead atoms. The first-order valence-electron chi connectivity index (χ1n) is 10.1. The first-order valence-corrected chi connectivity index (χ1v) is 10.1. The Labute approximate surface area is 170 Å². The van der Waals surface area contributed by atoms with Gasteiger partial charge in [-0.15, -0.1) is 0 Å². The fourth-order valence-corrected chi connectivity index (χ4v) is 3.59. The summed E-state index contributed by atoms with van der Waals surface area (Å²) in [5.41, 5.74) is 8.61. The maximum absolute atomic E-state index is 12.6. The van der Waals surface area contributed by atoms with Gasteiger partial charge < -0.3 is 16.4 Å². The van der Waals surface area contributed by atoms with Crippen LogP contribution in [0.2, 0.25) is 0 Å². The molecule has 0 atom stereocenters. The third-order valence-corrected chi connectivity index (χ3v) is 5.15. The topological polar surface area (TPSA) is 92.9 Å². The summed E-state index contributed by atoms with van der Waals surface area (Å²) in [4.78, 5) is 21.9. The summed E-state index contributed by atoms with van der Waals surface area (Å²) in [6, 6.07) is 18.9. The zero-order chi connectivity index (χ0) is 20.1. The van der Waals surface area contributed by atoms with Crippen molar-refractivity contribution in [2.75, 3.05) is 16.4 Å². The molecular formula is C23H25N5O. The van der Waals surface area contributed by atoms with Gasteiger partial charge in [0, 0.05) is 28.9 Å². The Morgan fingerprint density at radius 3 is 2.38 bits per heavy atom. The van der Waals surface area contributed by atoms with E-state index in [2.05, 4.69) is 15.6 Å². The van der Waals surface area contributed by atoms with E-state index in [-0.39, 0.29) is 5.91 Å². The molecule has 1 aliphatic rings. The highest BCUT2D eigenvalue weighted by molar-refractivity contribution is 6.04. The minimum Gasteiger partial charge on any atom is -0.399 e. The van der Waals surface area contributed by atoms with E-state index >= 15 is 0 Å². The van der Waals surface area contributed by atoms with Crippen LogP contribution in [0.25, 0.3) is 11.3 Å². The van der Waals surface area contributed by atoms with Crippen molar-refractivity contribution in [2.24, 2.45) is 0 Å². The summed E-state index contributed by atoms with van der Waals surface area (Å²) in [5.74, 6) is 0.788. The predicted molar refractivity (Wildman–Crippen MR) is 117 cm³/mol. The molecule has 2 aromatic carbocycles. The van der Waals surface area contributed by atoms with Crippen LogP contribution in [0.4, 0.5) is 17.5 Å². The Morgan fingerprint density at radius 2 is 1.66 bits per heavy atom. The predicted octanol–water partition coefficient (Wildman–Crippen LogP) is 4.72. The quantitative estimate of drug-likeness (QED) is 0.551. The van der Waals surface area contributed by atoms with Gasteiger partial charge in [-0.1, -0.05) is 49.6 Å². The SMILES string of the molecule is Nc1ccc(C(=O)Nc2cc(-c3ccccc3)nc(NC3CCCCC3)n2)cc1. The number of nitrogen functional groups attached to an aromatic ring is 1. The van der Waals surface area contributed by atoms with E-state index in [0.717, 1.165) is 24.1 Å². The molecule has 4 N–H and O–H groups in total. The Balaban J connectivity index is 1.61. The van der Waals surface area contributed by atoms with Crippen LogP contribution in [0.1, 0.15) is 42.5 Å². The van der Waals surface area contributed by atoms with Crippen molar-refractivity contribution in [1.82, 2.24) is 9.97 Å². The summed E-state index contributed by atoms with van der Waals surface area (Å²) >= 11 is 0. The van der Waals surface area contributed by atoms with Gasteiger partial charge in [-0.3, -0.25) is 4.79 Å². The maximum atomic E-state index is 12.6. The normalized spacial score (nSPS) is 14.3. The third kappa shape index (κ3) is 4.90. The van der Waals surface area contributed by atoms with Crippen molar-refractivity contribution in [3.63, 3.8) is 0 Å². The molecule has 0 radical (unpaired) electrons. The van der Waals surface area contributed by atoms with Gasteiger partial charge in [0.05, 0.1) is 5.69 Å². The molecule has 3 aromatic rings. The van der Waals surface area contributed by atoms with Gasteiger partial charge in [0.2, 0.25) is 5.95 Å². The molecule has 0 saturated heterocycles. The number of hydrogen-bond donors (Lipinski definition) is 3. The molecule has 6 nitrogen and oxygen atoms in total. The molecular weight excluding hydrogens is 362 g/mol. The molecule has 1 aliphatic carbocycles. The molecule has 148 valence electrons. The fourth-order valence-electron chi connectivity index (χ4n) is 3.59. The number of nitrogens with one attached hydrogen (secondary N) is 2. The van der Waals surface area contributed by atoms with Gasteiger partial charge in [-0.05, 0) is 37.1 Å². The number of rotatable bonds is 5. The number of anilines is 3. The summed E-state index contributed by atoms with van der Waals surface area (Å²) in [6.07, 6.45) is 5.96. The smallest absolute Gasteiger partial charge is 0.256 e. The molecule has 29 heavy (non-hydrogen) atoms. The Bertz CT molecular complexity index is 966. The van der Waals surface area contributed by atoms with Crippen molar-refractivity contribution >= 4 is 23.4 Å². The minimum atomic E-state index is -0.230. The molecule has 4 rings (SSSR count). The lowest BCUT2D eigenvalue weighted by Gasteiger charge is -2.23. The number of carbonyl (C=O) groups excluding carboxylic acids is 1. The number of nitrogens with two attached hydrogens (primary N) is 1. The highest BCUT2D eigenvalue weighted by Gasteiger charge is 2.16. The van der Waals surface area contributed by atoms with Gasteiger partial charge in [-0.25, -0.2) is 4.98 Å². The second kappa shape index (κ2) is 8.73. The number of benzene rings is 2. The van der Waals surface area contributed by atoms with Crippen LogP contribution in [0.15, 0.2) is 60.7 Å². The van der Waals surface area contributed by atoms with E-state index in [1.54, 1.807) is 30.3 Å². The largest absolute Gasteiger partial charge is 0.399 e. The van der Waals surface area contributed by atoms with E-state index in [1.165, 1.54) is 19.3 Å². The Kier molecular flexibility index (Phi) is 5.70. The standard InChI is InChI=1S/C23H25N5O/c24-18-13-11-17(12-14-18)22(29)27-21-15-20(16-7-3-1-4-8-16)26-23(28-21)25-19-9-5-2-6-10-19/h1,3-4,7-8,11-15,19H,2,5-6,9-10,24H2,(H2,25,26,27,28,29). The van der Waals surface area contributed by atoms with Gasteiger partial charge in [0.15, 0.2) is 0 Å². The number of aromatic nitrogens is 2. The molecule has 0 aliphatic heterocycles. The van der Waals surface area contributed by atoms with E-state index in [1.807, 2.05) is 30.3 Å². The zero-order valence-corrected chi connectivity index (χ0v) is 16.3. The number of nitrogens with zero attached hydrogens (tertiary/aromatic N) is 2. The van der Waals surface area contributed by atoms with Gasteiger partial charge in [-0.2, -0.15) is 4.98 Å². The first-order chi connectivity index (χ1) is 14.2. The average Bonchev–Trinajstić information content (AvgIpc) is 2.75. The van der Waals surface area contributed by atoms with Crippen molar-refractivity contribution < 1.29 is 4.79 Å². The molecule has 1 heterocycles. The van der Waals surface area contributed by atoms with Crippen molar-refractivity contribution in [1.29, 1.82) is 0 Å². The van der Waals surface area contributed by atoms with Crippen LogP contribution in [0, 0.1) is 0 Å². The summed E-state index contributed by atoms with van der Waals surface area (Å²) < 4.78 is 0. The van der Waals surface area contributed by atoms with Crippen LogP contribution >= 0.6 is 0 Å². The molecule has 0 unspecified atom stereocenters. The van der Waals surface area contributed by atoms with E-state index in [0.29, 0.717) is 29.1 Å². The molecule has 1 amide bonds. The highest BCUT2D eigenvalue weighted by atomic mass is 16.1. The van der Waals surface area contributed by atoms with Crippen molar-refractivity contribution in [3.05, 3.63) is 66.2 Å². The Morgan fingerprint density at radius 1 is 0.931 bits per heavy atom. The first kappa shape index (κ1) is 18.9. The molecule has 1 aromatic heterocycles. The van der Waals surface area contributed by atoms with E-state index < -0.39 is 0 Å². The number of hydrogen-bond acceptors (Lipinski definition) is 5. The lowest BCUT2D eigenvalue weighted by Crippen LogP contribution is -2.24. The lowest BCUT2D eigenvalue weighted by atomic mass is 9.96. The van der Waals surface area contributed by atoms with Crippen LogP contribution in [-0.2, 0) is 0 Å².